The summed E-state index contributed by atoms with van der Waals surface area (Å²) < 4.78 is 12.3. The third-order valence-electron chi connectivity index (χ3n) is 6.79. The van der Waals surface area contributed by atoms with Crippen LogP contribution in [0.3, 0.4) is 0 Å². The van der Waals surface area contributed by atoms with E-state index in [0.717, 1.165) is 0 Å². The standard InChI is InChI=1S/C27H39NO4Si/c1-21(25(29)22(2)26(30)28-16-18-31-19-17-28)20-32-33(27(3,4)5,23-12-8-6-9-13-23)24-14-10-7-11-15-24/h6-15,21-22,25,29H,16-20H2,1-5H3/t21-,22-,25+/m1/s1. The van der Waals surface area contributed by atoms with E-state index in [1.54, 1.807) is 4.90 Å². The Labute approximate surface area is 199 Å². The molecule has 0 unspecified atom stereocenters. The van der Waals surface area contributed by atoms with E-state index in [0.29, 0.717) is 32.9 Å². The number of benzene rings is 2. The molecule has 1 heterocycles. The zero-order valence-electron chi connectivity index (χ0n) is 20.7. The van der Waals surface area contributed by atoms with Crippen LogP contribution >= 0.6 is 0 Å². The van der Waals surface area contributed by atoms with E-state index in [9.17, 15) is 9.90 Å². The molecular weight excluding hydrogens is 430 g/mol. The largest absolute Gasteiger partial charge is 0.407 e. The van der Waals surface area contributed by atoms with Gasteiger partial charge in [-0.05, 0) is 15.4 Å². The first kappa shape index (κ1) is 25.6. The summed E-state index contributed by atoms with van der Waals surface area (Å²) in [6.07, 6.45) is -0.779. The van der Waals surface area contributed by atoms with Gasteiger partial charge in [0.25, 0.3) is 8.32 Å². The SMILES string of the molecule is C[C@H](CO[Si](c1ccccc1)(c1ccccc1)C(C)(C)C)[C@H](O)[C@@H](C)C(=O)N1CCOCC1. The molecule has 5 nitrogen and oxygen atoms in total. The third-order valence-corrected chi connectivity index (χ3v) is 11.8. The molecule has 1 aliphatic heterocycles. The molecule has 1 amide bonds. The summed E-state index contributed by atoms with van der Waals surface area (Å²) in [6.45, 7) is 13.2. The summed E-state index contributed by atoms with van der Waals surface area (Å²) in [4.78, 5) is 14.7. The molecule has 0 aliphatic carbocycles. The Bertz CT molecular complexity index is 838. The molecule has 33 heavy (non-hydrogen) atoms. The second-order valence-electron chi connectivity index (χ2n) is 10.2. The number of morpholine rings is 1. The Balaban J connectivity index is 1.84. The average molecular weight is 470 g/mol. The van der Waals surface area contributed by atoms with Crippen LogP contribution in [0, 0.1) is 11.8 Å². The molecule has 180 valence electrons. The first-order valence-corrected chi connectivity index (χ1v) is 13.9. The van der Waals surface area contributed by atoms with Crippen molar-refractivity contribution in [3.8, 4) is 0 Å². The van der Waals surface area contributed by atoms with Crippen LogP contribution < -0.4 is 10.4 Å². The fourth-order valence-corrected chi connectivity index (χ4v) is 9.50. The van der Waals surface area contributed by atoms with Crippen LogP contribution in [0.5, 0.6) is 0 Å². The van der Waals surface area contributed by atoms with Crippen molar-refractivity contribution in [3.05, 3.63) is 60.7 Å². The lowest BCUT2D eigenvalue weighted by molar-refractivity contribution is -0.144. The summed E-state index contributed by atoms with van der Waals surface area (Å²) >= 11 is 0. The second-order valence-corrected chi connectivity index (χ2v) is 14.5. The first-order chi connectivity index (χ1) is 15.7. The van der Waals surface area contributed by atoms with Gasteiger partial charge in [0, 0.05) is 25.6 Å². The molecule has 1 aliphatic rings. The number of amides is 1. The fourth-order valence-electron chi connectivity index (χ4n) is 4.83. The maximum atomic E-state index is 12.9. The molecule has 2 aromatic carbocycles. The summed E-state index contributed by atoms with van der Waals surface area (Å²) in [5.74, 6) is -0.685. The molecule has 0 bridgehead atoms. The van der Waals surface area contributed by atoms with E-state index in [4.69, 9.17) is 9.16 Å². The van der Waals surface area contributed by atoms with Crippen molar-refractivity contribution in [1.82, 2.24) is 4.90 Å². The highest BCUT2D eigenvalue weighted by Crippen LogP contribution is 2.37. The van der Waals surface area contributed by atoms with E-state index < -0.39 is 20.3 Å². The highest BCUT2D eigenvalue weighted by atomic mass is 28.4. The van der Waals surface area contributed by atoms with Gasteiger partial charge < -0.3 is 19.2 Å². The summed E-state index contributed by atoms with van der Waals surface area (Å²) in [6, 6.07) is 21.0. The van der Waals surface area contributed by atoms with Gasteiger partial charge in [0.05, 0.1) is 25.2 Å². The van der Waals surface area contributed by atoms with E-state index in [1.807, 2.05) is 26.0 Å². The summed E-state index contributed by atoms with van der Waals surface area (Å²) in [5, 5.41) is 13.4. The molecule has 0 radical (unpaired) electrons. The number of aliphatic hydroxyl groups is 1. The lowest BCUT2D eigenvalue weighted by Crippen LogP contribution is -2.67. The number of ether oxygens (including phenoxy) is 1. The molecule has 3 rings (SSSR count). The van der Waals surface area contributed by atoms with Crippen LogP contribution in [0.15, 0.2) is 60.7 Å². The first-order valence-electron chi connectivity index (χ1n) is 12.0. The highest BCUT2D eigenvalue weighted by molar-refractivity contribution is 6.99. The Morgan fingerprint density at radius 2 is 1.48 bits per heavy atom. The minimum absolute atomic E-state index is 0.0110. The van der Waals surface area contributed by atoms with Gasteiger partial charge in [-0.3, -0.25) is 4.79 Å². The van der Waals surface area contributed by atoms with Gasteiger partial charge in [-0.25, -0.2) is 0 Å². The Hall–Kier alpha value is -1.99. The van der Waals surface area contributed by atoms with Crippen LogP contribution in [0.2, 0.25) is 5.04 Å². The quantitative estimate of drug-likeness (QED) is 0.604. The molecule has 3 atom stereocenters. The van der Waals surface area contributed by atoms with Crippen molar-refractivity contribution in [2.75, 3.05) is 32.9 Å². The monoisotopic (exact) mass is 469 g/mol. The van der Waals surface area contributed by atoms with Crippen LogP contribution in [0.1, 0.15) is 34.6 Å². The van der Waals surface area contributed by atoms with E-state index in [2.05, 4.69) is 69.3 Å². The highest BCUT2D eigenvalue weighted by Gasteiger charge is 2.50. The number of hydrogen-bond donors (Lipinski definition) is 1. The normalized spacial score (nSPS) is 17.9. The molecule has 6 heteroatoms. The summed E-state index contributed by atoms with van der Waals surface area (Å²) in [5.41, 5.74) is 0. The van der Waals surface area contributed by atoms with Crippen LogP contribution in [0.4, 0.5) is 0 Å². The Morgan fingerprint density at radius 3 is 1.94 bits per heavy atom. The van der Waals surface area contributed by atoms with Crippen molar-refractivity contribution >= 4 is 24.6 Å². The van der Waals surface area contributed by atoms with Gasteiger partial charge in [0.15, 0.2) is 0 Å². The number of carbonyl (C=O) groups is 1. The second kappa shape index (κ2) is 11.0. The lowest BCUT2D eigenvalue weighted by Gasteiger charge is -2.44. The number of nitrogens with zero attached hydrogens (tertiary/aromatic N) is 1. The van der Waals surface area contributed by atoms with Crippen molar-refractivity contribution in [3.63, 3.8) is 0 Å². The smallest absolute Gasteiger partial charge is 0.261 e. The van der Waals surface area contributed by atoms with Crippen LogP contribution in [-0.2, 0) is 14.0 Å². The maximum Gasteiger partial charge on any atom is 0.261 e. The van der Waals surface area contributed by atoms with Crippen molar-refractivity contribution in [2.45, 2.75) is 45.8 Å². The van der Waals surface area contributed by atoms with Crippen molar-refractivity contribution in [1.29, 1.82) is 0 Å². The average Bonchev–Trinajstić information content (AvgIpc) is 2.84. The molecular formula is C27H39NO4Si. The van der Waals surface area contributed by atoms with E-state index in [1.165, 1.54) is 10.4 Å². The Morgan fingerprint density at radius 1 is 1.00 bits per heavy atom. The number of rotatable bonds is 8. The number of hydrogen-bond acceptors (Lipinski definition) is 4. The predicted octanol–water partition coefficient (Wildman–Crippen LogP) is 3.05. The topological polar surface area (TPSA) is 59.0 Å². The molecule has 2 aromatic rings. The predicted molar refractivity (Wildman–Crippen MR) is 135 cm³/mol. The third kappa shape index (κ3) is 5.57. The van der Waals surface area contributed by atoms with Crippen LogP contribution in [-0.4, -0.2) is 63.2 Å². The zero-order valence-corrected chi connectivity index (χ0v) is 21.7. The van der Waals surface area contributed by atoms with Gasteiger partial charge in [-0.1, -0.05) is 95.3 Å². The van der Waals surface area contributed by atoms with Crippen LogP contribution in [0.25, 0.3) is 0 Å². The maximum absolute atomic E-state index is 12.9. The van der Waals surface area contributed by atoms with Crippen molar-refractivity contribution in [2.24, 2.45) is 11.8 Å². The lowest BCUT2D eigenvalue weighted by atomic mass is 9.93. The molecule has 0 spiro atoms. The zero-order chi connectivity index (χ0) is 24.1. The van der Waals surface area contributed by atoms with Crippen molar-refractivity contribution < 1.29 is 19.1 Å². The summed E-state index contributed by atoms with van der Waals surface area (Å²) in [7, 11) is -2.68. The fraction of sp³-hybridized carbons (Fsp3) is 0.519. The molecule has 1 N–H and O–H groups in total. The number of carbonyl (C=O) groups excluding carboxylic acids is 1. The molecule has 1 saturated heterocycles. The van der Waals surface area contributed by atoms with Gasteiger partial charge in [0.2, 0.25) is 5.91 Å². The van der Waals surface area contributed by atoms with E-state index >= 15 is 0 Å². The molecule has 0 aromatic heterocycles. The minimum atomic E-state index is -2.68. The molecule has 0 saturated carbocycles. The van der Waals surface area contributed by atoms with E-state index in [-0.39, 0.29) is 16.9 Å². The van der Waals surface area contributed by atoms with Gasteiger partial charge in [0.1, 0.15) is 0 Å². The number of aliphatic hydroxyl groups excluding tert-OH is 1. The Kier molecular flexibility index (Phi) is 8.51. The van der Waals surface area contributed by atoms with Gasteiger partial charge in [-0.2, -0.15) is 0 Å². The van der Waals surface area contributed by atoms with Gasteiger partial charge >= 0.3 is 0 Å². The van der Waals surface area contributed by atoms with Gasteiger partial charge in [-0.15, -0.1) is 0 Å². The minimum Gasteiger partial charge on any atom is -0.407 e. The molecule has 1 fully saturated rings.